The Bertz CT molecular complexity index is 650. The third-order valence-corrected chi connectivity index (χ3v) is 2.46. The van der Waals surface area contributed by atoms with Gasteiger partial charge in [-0.2, -0.15) is 5.10 Å². The van der Waals surface area contributed by atoms with E-state index in [4.69, 9.17) is 11.5 Å². The number of nitrogens with one attached hydrogen (secondary N) is 1. The molecule has 0 bridgehead atoms. The highest BCUT2D eigenvalue weighted by Crippen LogP contribution is 2.10. The number of hydrogen-bond donors (Lipinski definition) is 3. The van der Waals surface area contributed by atoms with Crippen LogP contribution in [0.3, 0.4) is 0 Å². The predicted octanol–water partition coefficient (Wildman–Crippen LogP) is 0.342. The van der Waals surface area contributed by atoms with E-state index in [2.05, 4.69) is 10.4 Å². The first kappa shape index (κ1) is 13.5. The van der Waals surface area contributed by atoms with Crippen molar-refractivity contribution in [3.8, 4) is 0 Å². The van der Waals surface area contributed by atoms with Gasteiger partial charge < -0.3 is 16.8 Å². The topological polar surface area (TPSA) is 116 Å². The minimum absolute atomic E-state index is 0.0837. The van der Waals surface area contributed by atoms with Crippen molar-refractivity contribution in [1.29, 1.82) is 0 Å². The maximum Gasteiger partial charge on any atom is 0.271 e. The van der Waals surface area contributed by atoms with Gasteiger partial charge in [0.25, 0.3) is 5.91 Å². The van der Waals surface area contributed by atoms with Crippen LogP contribution in [0.25, 0.3) is 0 Å². The number of carbonyl (C=O) groups excluding carboxylic acids is 2. The Morgan fingerprint density at radius 3 is 2.50 bits per heavy atom. The number of primary amides is 1. The second-order valence-electron chi connectivity index (χ2n) is 4.05. The van der Waals surface area contributed by atoms with E-state index in [0.717, 1.165) is 0 Å². The average Bonchev–Trinajstić information content (AvgIpc) is 2.73. The summed E-state index contributed by atoms with van der Waals surface area (Å²) >= 11 is 0. The molecule has 1 aromatic heterocycles. The molecular weight excluding hydrogens is 265 g/mol. The van der Waals surface area contributed by atoms with Crippen LogP contribution in [0.15, 0.2) is 30.5 Å². The van der Waals surface area contributed by atoms with Crippen molar-refractivity contribution in [1.82, 2.24) is 9.78 Å². The monoisotopic (exact) mass is 277 g/mol. The summed E-state index contributed by atoms with van der Waals surface area (Å²) in [4.78, 5) is 22.7. The molecule has 0 atom stereocenters. The van der Waals surface area contributed by atoms with Crippen molar-refractivity contribution in [2.24, 2.45) is 5.73 Å². The molecule has 0 radical (unpaired) electrons. The van der Waals surface area contributed by atoms with Gasteiger partial charge in [-0.15, -0.1) is 0 Å². The average molecular weight is 277 g/mol. The van der Waals surface area contributed by atoms with Crippen LogP contribution in [0.2, 0.25) is 0 Å². The summed E-state index contributed by atoms with van der Waals surface area (Å²) in [5.74, 6) is -1.55. The number of nitrogen functional groups attached to an aromatic ring is 1. The molecule has 1 aromatic carbocycles. The zero-order chi connectivity index (χ0) is 14.7. The van der Waals surface area contributed by atoms with E-state index in [9.17, 15) is 14.0 Å². The molecule has 2 rings (SSSR count). The van der Waals surface area contributed by atoms with Gasteiger partial charge >= 0.3 is 0 Å². The Hall–Kier alpha value is -2.90. The van der Waals surface area contributed by atoms with Gasteiger partial charge in [0.1, 0.15) is 12.4 Å². The summed E-state index contributed by atoms with van der Waals surface area (Å²) in [6.07, 6.45) is 1.34. The van der Waals surface area contributed by atoms with Gasteiger partial charge in [0.2, 0.25) is 5.91 Å². The Labute approximate surface area is 113 Å². The van der Waals surface area contributed by atoms with E-state index in [1.165, 1.54) is 35.1 Å². The van der Waals surface area contributed by atoms with Crippen molar-refractivity contribution in [2.45, 2.75) is 6.54 Å². The molecule has 8 heteroatoms. The SMILES string of the molecule is NC(=O)c1nn(CC(=O)Nc2ccc(F)cc2)cc1N. The lowest BCUT2D eigenvalue weighted by Crippen LogP contribution is -2.20. The molecule has 0 spiro atoms. The molecule has 7 nitrogen and oxygen atoms in total. The number of aromatic nitrogens is 2. The van der Waals surface area contributed by atoms with Crippen LogP contribution in [-0.2, 0) is 11.3 Å². The lowest BCUT2D eigenvalue weighted by Gasteiger charge is -2.05. The third-order valence-electron chi connectivity index (χ3n) is 2.46. The second-order valence-corrected chi connectivity index (χ2v) is 4.05. The van der Waals surface area contributed by atoms with E-state index in [1.54, 1.807) is 0 Å². The molecule has 20 heavy (non-hydrogen) atoms. The van der Waals surface area contributed by atoms with E-state index in [-0.39, 0.29) is 17.9 Å². The first-order valence-electron chi connectivity index (χ1n) is 5.64. The van der Waals surface area contributed by atoms with Gasteiger partial charge in [0.15, 0.2) is 5.69 Å². The fourth-order valence-corrected chi connectivity index (χ4v) is 1.59. The summed E-state index contributed by atoms with van der Waals surface area (Å²) in [5.41, 5.74) is 11.1. The van der Waals surface area contributed by atoms with Crippen LogP contribution in [0, 0.1) is 5.82 Å². The molecule has 0 unspecified atom stereocenters. The fraction of sp³-hybridized carbons (Fsp3) is 0.0833. The van der Waals surface area contributed by atoms with Crippen molar-refractivity contribution < 1.29 is 14.0 Å². The quantitative estimate of drug-likeness (QED) is 0.747. The van der Waals surface area contributed by atoms with Gasteiger partial charge in [-0.1, -0.05) is 0 Å². The Morgan fingerprint density at radius 1 is 1.30 bits per heavy atom. The molecule has 104 valence electrons. The van der Waals surface area contributed by atoms with E-state index < -0.39 is 17.6 Å². The zero-order valence-electron chi connectivity index (χ0n) is 10.3. The number of anilines is 2. The molecule has 0 aliphatic carbocycles. The number of amides is 2. The van der Waals surface area contributed by atoms with Crippen molar-refractivity contribution in [3.63, 3.8) is 0 Å². The zero-order valence-corrected chi connectivity index (χ0v) is 10.3. The molecule has 0 fully saturated rings. The smallest absolute Gasteiger partial charge is 0.271 e. The lowest BCUT2D eigenvalue weighted by molar-refractivity contribution is -0.116. The normalized spacial score (nSPS) is 10.2. The largest absolute Gasteiger partial charge is 0.396 e. The van der Waals surface area contributed by atoms with Crippen molar-refractivity contribution in [3.05, 3.63) is 42.0 Å². The minimum Gasteiger partial charge on any atom is -0.396 e. The third kappa shape index (κ3) is 3.10. The molecule has 2 amide bonds. The van der Waals surface area contributed by atoms with Gasteiger partial charge in [-0.3, -0.25) is 14.3 Å². The summed E-state index contributed by atoms with van der Waals surface area (Å²) in [7, 11) is 0. The Morgan fingerprint density at radius 2 is 1.95 bits per heavy atom. The molecule has 0 saturated heterocycles. The van der Waals surface area contributed by atoms with E-state index >= 15 is 0 Å². The van der Waals surface area contributed by atoms with Gasteiger partial charge in [0.05, 0.1) is 5.69 Å². The molecule has 0 aliphatic heterocycles. The first-order valence-corrected chi connectivity index (χ1v) is 5.64. The van der Waals surface area contributed by atoms with Gasteiger partial charge in [-0.25, -0.2) is 4.39 Å². The predicted molar refractivity (Wildman–Crippen MR) is 70.2 cm³/mol. The standard InChI is InChI=1S/C12H12FN5O2/c13-7-1-3-8(4-2-7)16-10(19)6-18-5-9(14)11(17-18)12(15)20/h1-5H,6,14H2,(H2,15,20)(H,16,19). The highest BCUT2D eigenvalue weighted by molar-refractivity contribution is 5.96. The van der Waals surface area contributed by atoms with Crippen LogP contribution in [0.5, 0.6) is 0 Å². The molecule has 1 heterocycles. The number of nitrogens with two attached hydrogens (primary N) is 2. The molecular formula is C12H12FN5O2. The molecule has 0 saturated carbocycles. The maximum absolute atomic E-state index is 12.7. The van der Waals surface area contributed by atoms with Gasteiger partial charge in [0, 0.05) is 11.9 Å². The highest BCUT2D eigenvalue weighted by atomic mass is 19.1. The maximum atomic E-state index is 12.7. The van der Waals surface area contributed by atoms with Gasteiger partial charge in [-0.05, 0) is 24.3 Å². The number of benzene rings is 1. The Kier molecular flexibility index (Phi) is 3.65. The van der Waals surface area contributed by atoms with Crippen LogP contribution >= 0.6 is 0 Å². The van der Waals surface area contributed by atoms with Crippen molar-refractivity contribution in [2.75, 3.05) is 11.1 Å². The number of nitrogens with zero attached hydrogens (tertiary/aromatic N) is 2. The van der Waals surface area contributed by atoms with Crippen LogP contribution in [-0.4, -0.2) is 21.6 Å². The van der Waals surface area contributed by atoms with E-state index in [0.29, 0.717) is 5.69 Å². The first-order chi connectivity index (χ1) is 9.45. The fourth-order valence-electron chi connectivity index (χ4n) is 1.59. The summed E-state index contributed by atoms with van der Waals surface area (Å²) in [6.45, 7) is -0.144. The minimum atomic E-state index is -0.764. The Balaban J connectivity index is 2.03. The van der Waals surface area contributed by atoms with E-state index in [1.807, 2.05) is 0 Å². The number of halogens is 1. The van der Waals surface area contributed by atoms with Crippen molar-refractivity contribution >= 4 is 23.2 Å². The molecule has 0 aliphatic rings. The van der Waals surface area contributed by atoms with Crippen LogP contribution in [0.1, 0.15) is 10.5 Å². The van der Waals surface area contributed by atoms with Crippen LogP contribution < -0.4 is 16.8 Å². The summed E-state index contributed by atoms with van der Waals surface area (Å²) in [5, 5.41) is 6.35. The lowest BCUT2D eigenvalue weighted by atomic mass is 10.3. The number of rotatable bonds is 4. The van der Waals surface area contributed by atoms with Crippen LogP contribution in [0.4, 0.5) is 15.8 Å². The summed E-state index contributed by atoms with van der Waals surface area (Å²) < 4.78 is 13.9. The number of carbonyl (C=O) groups is 2. The summed E-state index contributed by atoms with van der Waals surface area (Å²) in [6, 6.07) is 5.32. The highest BCUT2D eigenvalue weighted by Gasteiger charge is 2.13. The number of hydrogen-bond acceptors (Lipinski definition) is 4. The molecule has 2 aromatic rings. The second kappa shape index (κ2) is 5.39. The molecule has 5 N–H and O–H groups in total.